The second-order valence-electron chi connectivity index (χ2n) is 9.83. The van der Waals surface area contributed by atoms with Gasteiger partial charge in [0.25, 0.3) is 6.29 Å². The van der Waals surface area contributed by atoms with Gasteiger partial charge in [0.15, 0.2) is 0 Å². The lowest BCUT2D eigenvalue weighted by atomic mass is 9.68. The molecule has 3 unspecified atom stereocenters. The molecule has 0 fully saturated rings. The van der Waals surface area contributed by atoms with Gasteiger partial charge in [0.05, 0.1) is 12.0 Å². The maximum absolute atomic E-state index is 9.73. The molecule has 0 saturated carbocycles. The summed E-state index contributed by atoms with van der Waals surface area (Å²) in [4.78, 5) is 10.4. The van der Waals surface area contributed by atoms with Crippen LogP contribution in [0.3, 0.4) is 0 Å². The van der Waals surface area contributed by atoms with Crippen LogP contribution in [-0.4, -0.2) is 41.9 Å². The Hall–Kier alpha value is -4.20. The summed E-state index contributed by atoms with van der Waals surface area (Å²) in [7, 11) is 0. The molecule has 0 bridgehead atoms. The molecule has 2 N–H and O–H groups in total. The average molecular weight is 551 g/mol. The lowest BCUT2D eigenvalue weighted by Crippen LogP contribution is -2.29. The van der Waals surface area contributed by atoms with Crippen molar-refractivity contribution in [2.75, 3.05) is 13.2 Å². The number of aliphatic hydroxyl groups is 2. The number of benzene rings is 4. The zero-order valence-corrected chi connectivity index (χ0v) is 23.0. The summed E-state index contributed by atoms with van der Waals surface area (Å²) >= 11 is 0. The number of hydrogen-bond donors (Lipinski definition) is 2. The van der Waals surface area contributed by atoms with Crippen LogP contribution in [0, 0.1) is 0 Å². The molecule has 0 aromatic heterocycles. The Morgan fingerprint density at radius 1 is 0.659 bits per heavy atom. The fraction of sp³-hybridized carbons (Fsp3) is 0.200. The zero-order valence-electron chi connectivity index (χ0n) is 23.0. The van der Waals surface area contributed by atoms with Crippen molar-refractivity contribution in [2.45, 2.75) is 30.8 Å². The predicted octanol–water partition coefficient (Wildman–Crippen LogP) is 6.20. The highest BCUT2D eigenvalue weighted by molar-refractivity contribution is 5.86. The minimum Gasteiger partial charge on any atom is -0.484 e. The van der Waals surface area contributed by atoms with Gasteiger partial charge in [-0.15, -0.1) is 6.58 Å². The maximum atomic E-state index is 9.73. The lowest BCUT2D eigenvalue weighted by molar-refractivity contribution is -0.378. The molecular weight excluding hydrogens is 516 g/mol. The van der Waals surface area contributed by atoms with E-state index >= 15 is 0 Å². The number of ether oxygens (including phenoxy) is 2. The molecule has 210 valence electrons. The van der Waals surface area contributed by atoms with Crippen LogP contribution in [0.5, 0.6) is 11.5 Å². The van der Waals surface area contributed by atoms with Gasteiger partial charge in [0, 0.05) is 0 Å². The Kier molecular flexibility index (Phi) is 8.67. The molecule has 0 aliphatic heterocycles. The number of rotatable bonds is 13. The van der Waals surface area contributed by atoms with Crippen LogP contribution in [0.1, 0.15) is 29.2 Å². The van der Waals surface area contributed by atoms with Crippen LogP contribution in [0.4, 0.5) is 0 Å². The third-order valence-electron chi connectivity index (χ3n) is 7.32. The van der Waals surface area contributed by atoms with E-state index in [0.29, 0.717) is 11.5 Å². The molecule has 0 radical (unpaired) electrons. The monoisotopic (exact) mass is 550 g/mol. The van der Waals surface area contributed by atoms with Gasteiger partial charge in [-0.2, -0.15) is 4.89 Å². The Morgan fingerprint density at radius 3 is 1.63 bits per heavy atom. The van der Waals surface area contributed by atoms with E-state index in [1.54, 1.807) is 19.1 Å². The molecule has 4 aromatic rings. The molecule has 4 aromatic carbocycles. The van der Waals surface area contributed by atoms with E-state index < -0.39 is 17.8 Å². The van der Waals surface area contributed by atoms with E-state index in [4.69, 9.17) is 19.2 Å². The zero-order chi connectivity index (χ0) is 28.8. The summed E-state index contributed by atoms with van der Waals surface area (Å²) in [6, 6.07) is 32.8. The average Bonchev–Trinajstić information content (AvgIpc) is 3.33. The smallest absolute Gasteiger partial charge is 0.253 e. The molecule has 1 aliphatic rings. The fourth-order valence-corrected chi connectivity index (χ4v) is 5.35. The Labute approximate surface area is 240 Å². The highest BCUT2D eigenvalue weighted by Gasteiger charge is 2.45. The number of aliphatic hydroxyl groups excluding tert-OH is 2. The SMILES string of the molecule is C=CC(C)OOC(CO)Oc1ccc(C2(c3ccc(OC(C=C)CO)cc3)c3ccccc3-c3ccccc32)cc1. The molecule has 3 atom stereocenters. The third kappa shape index (κ3) is 5.43. The first kappa shape index (κ1) is 28.3. The van der Waals surface area contributed by atoms with Crippen LogP contribution >= 0.6 is 0 Å². The molecule has 6 nitrogen and oxygen atoms in total. The van der Waals surface area contributed by atoms with Crippen molar-refractivity contribution in [1.82, 2.24) is 0 Å². The summed E-state index contributed by atoms with van der Waals surface area (Å²) in [6.45, 7) is 8.63. The van der Waals surface area contributed by atoms with E-state index in [9.17, 15) is 10.2 Å². The van der Waals surface area contributed by atoms with Crippen molar-refractivity contribution in [3.05, 3.63) is 145 Å². The van der Waals surface area contributed by atoms with Gasteiger partial charge in [-0.3, -0.25) is 0 Å². The van der Waals surface area contributed by atoms with E-state index in [1.165, 1.54) is 22.3 Å². The molecule has 41 heavy (non-hydrogen) atoms. The highest BCUT2D eigenvalue weighted by Crippen LogP contribution is 2.56. The summed E-state index contributed by atoms with van der Waals surface area (Å²) in [5.74, 6) is 1.18. The van der Waals surface area contributed by atoms with Gasteiger partial charge >= 0.3 is 0 Å². The summed E-state index contributed by atoms with van der Waals surface area (Å²) in [5, 5.41) is 19.3. The van der Waals surface area contributed by atoms with Gasteiger partial charge in [-0.1, -0.05) is 85.5 Å². The van der Waals surface area contributed by atoms with Crippen LogP contribution in [-0.2, 0) is 15.2 Å². The maximum Gasteiger partial charge on any atom is 0.253 e. The van der Waals surface area contributed by atoms with Gasteiger partial charge < -0.3 is 19.7 Å². The first-order valence-corrected chi connectivity index (χ1v) is 13.6. The van der Waals surface area contributed by atoms with Gasteiger partial charge in [-0.05, 0) is 70.6 Å². The molecule has 0 spiro atoms. The molecule has 5 rings (SSSR count). The molecule has 0 amide bonds. The molecule has 1 aliphatic carbocycles. The Morgan fingerprint density at radius 2 is 1.17 bits per heavy atom. The largest absolute Gasteiger partial charge is 0.484 e. The highest BCUT2D eigenvalue weighted by atomic mass is 17.2. The number of fused-ring (bicyclic) bond motifs is 3. The summed E-state index contributed by atoms with van der Waals surface area (Å²) in [6.07, 6.45) is 1.35. The summed E-state index contributed by atoms with van der Waals surface area (Å²) in [5.41, 5.74) is 6.22. The Bertz CT molecular complexity index is 1430. The van der Waals surface area contributed by atoms with E-state index in [-0.39, 0.29) is 19.3 Å². The quantitative estimate of drug-likeness (QED) is 0.0787. The predicted molar refractivity (Wildman–Crippen MR) is 159 cm³/mol. The van der Waals surface area contributed by atoms with Gasteiger partial charge in [0.1, 0.15) is 30.3 Å². The van der Waals surface area contributed by atoms with Crippen molar-refractivity contribution in [1.29, 1.82) is 0 Å². The van der Waals surface area contributed by atoms with Crippen LogP contribution < -0.4 is 9.47 Å². The van der Waals surface area contributed by atoms with Gasteiger partial charge in [0.2, 0.25) is 0 Å². The van der Waals surface area contributed by atoms with Crippen molar-refractivity contribution in [3.8, 4) is 22.6 Å². The van der Waals surface area contributed by atoms with Crippen molar-refractivity contribution < 1.29 is 29.5 Å². The lowest BCUT2D eigenvalue weighted by Gasteiger charge is -2.34. The van der Waals surface area contributed by atoms with E-state index in [0.717, 1.165) is 11.1 Å². The first-order valence-electron chi connectivity index (χ1n) is 13.6. The molecule has 0 saturated heterocycles. The first-order chi connectivity index (χ1) is 20.0. The minimum atomic E-state index is -0.990. The number of hydrogen-bond acceptors (Lipinski definition) is 6. The third-order valence-corrected chi connectivity index (χ3v) is 7.32. The van der Waals surface area contributed by atoms with Crippen molar-refractivity contribution >= 4 is 0 Å². The van der Waals surface area contributed by atoms with Crippen LogP contribution in [0.15, 0.2) is 122 Å². The van der Waals surface area contributed by atoms with Crippen LogP contribution in [0.2, 0.25) is 0 Å². The topological polar surface area (TPSA) is 77.4 Å². The fourth-order valence-electron chi connectivity index (χ4n) is 5.35. The standard InChI is InChI=1S/C35H34O6/c1-4-24(3)40-41-34(23-37)39-29-20-16-26(17-21-29)35(25-14-18-28(19-15-25)38-27(5-2)22-36)32-12-8-6-10-30(32)31-11-7-9-13-33(31)35/h4-21,24,27,34,36-37H,1-2,22-23H2,3H3. The normalized spacial score (nSPS) is 15.2. The van der Waals surface area contributed by atoms with Crippen molar-refractivity contribution in [3.63, 3.8) is 0 Å². The Balaban J connectivity index is 1.57. The van der Waals surface area contributed by atoms with Gasteiger partial charge in [-0.25, -0.2) is 4.89 Å². The molecule has 0 heterocycles. The minimum absolute atomic E-state index is 0.147. The second kappa shape index (κ2) is 12.5. The molecule has 6 heteroatoms. The van der Waals surface area contributed by atoms with Crippen molar-refractivity contribution in [2.24, 2.45) is 0 Å². The van der Waals surface area contributed by atoms with E-state index in [2.05, 4.69) is 73.8 Å². The molecular formula is C35H34O6. The van der Waals surface area contributed by atoms with Crippen LogP contribution in [0.25, 0.3) is 11.1 Å². The second-order valence-corrected chi connectivity index (χ2v) is 9.83. The van der Waals surface area contributed by atoms with E-state index in [1.807, 2.05) is 36.4 Å². The summed E-state index contributed by atoms with van der Waals surface area (Å²) < 4.78 is 11.7.